The van der Waals surface area contributed by atoms with Crippen LogP contribution in [0.5, 0.6) is 0 Å². The van der Waals surface area contributed by atoms with E-state index in [9.17, 15) is 0 Å². The van der Waals surface area contributed by atoms with Crippen molar-refractivity contribution in [2.45, 2.75) is 0 Å². The summed E-state index contributed by atoms with van der Waals surface area (Å²) in [7, 11) is 0. The fourth-order valence-corrected chi connectivity index (χ4v) is 0. The van der Waals surface area contributed by atoms with Gasteiger partial charge in [-0.1, -0.05) is 0 Å². The molecule has 0 saturated carbocycles. The van der Waals surface area contributed by atoms with E-state index in [0.717, 1.165) is 0 Å². The Morgan fingerprint density at radius 2 is 1.00 bits per heavy atom. The van der Waals surface area contributed by atoms with Crippen LogP contribution in [-0.2, 0) is 47.3 Å². The summed E-state index contributed by atoms with van der Waals surface area (Å²) in [4.78, 5) is 0. The average molecular weight is 312 g/mol. The van der Waals surface area contributed by atoms with Crippen molar-refractivity contribution in [2.24, 2.45) is 0 Å². The maximum absolute atomic E-state index is 0. The molecule has 0 amide bonds. The van der Waals surface area contributed by atoms with Crippen LogP contribution >= 0.6 is 0 Å². The van der Waals surface area contributed by atoms with Gasteiger partial charge >= 0.3 is 90.7 Å². The van der Waals surface area contributed by atoms with E-state index in [1.165, 1.54) is 0 Å². The monoisotopic (exact) mass is 311 g/mol. The van der Waals surface area contributed by atoms with Crippen molar-refractivity contribution >= 4 is 48.9 Å². The minimum Gasteiger partial charge on any atom is -2.00 e. The molecule has 0 heterocycles. The van der Waals surface area contributed by atoms with Gasteiger partial charge in [0.2, 0.25) is 0 Å². The fraction of sp³-hybridized carbons (Fsp3) is 0. The zero-order valence-corrected chi connectivity index (χ0v) is 11.9. The van der Waals surface area contributed by atoms with Crippen LogP contribution in [0.25, 0.3) is 0 Å². The van der Waals surface area contributed by atoms with Crippen molar-refractivity contribution in [3.63, 3.8) is 0 Å². The normalized spacial score (nSPS) is 0. The molecule has 0 N–H and O–H groups in total. The van der Waals surface area contributed by atoms with Crippen LogP contribution in [-0.4, -0.2) is 48.9 Å². The third kappa shape index (κ3) is 8.86. The predicted molar refractivity (Wildman–Crippen MR) is 6.44 cm³/mol. The summed E-state index contributed by atoms with van der Waals surface area (Å²) in [5.41, 5.74) is 0. The van der Waals surface area contributed by atoms with E-state index in [1.54, 1.807) is 0 Å². The van der Waals surface area contributed by atoms with Crippen LogP contribution in [0, 0.1) is 0 Å². The molecule has 0 atom stereocenters. The summed E-state index contributed by atoms with van der Waals surface area (Å²) in [6.45, 7) is 0. The number of rotatable bonds is 0. The molecular formula is BaNbOZn+7. The van der Waals surface area contributed by atoms with E-state index in [1.807, 2.05) is 0 Å². The van der Waals surface area contributed by atoms with Crippen LogP contribution in [0.4, 0.5) is 0 Å². The number of hydrogen-bond acceptors (Lipinski definition) is 0. The Balaban J connectivity index is 0. The minimum atomic E-state index is 0. The van der Waals surface area contributed by atoms with Crippen molar-refractivity contribution in [3.8, 4) is 0 Å². The SMILES string of the molecule is [Ba+2].[Nb+5].[O-2].[Zn+2]. The molecule has 0 saturated heterocycles. The van der Waals surface area contributed by atoms with Crippen molar-refractivity contribution in [3.05, 3.63) is 0 Å². The molecular weight excluding hydrogens is 312 g/mol. The van der Waals surface area contributed by atoms with Gasteiger partial charge in [0.15, 0.2) is 0 Å². The van der Waals surface area contributed by atoms with Crippen molar-refractivity contribution in [1.29, 1.82) is 0 Å². The quantitative estimate of drug-likeness (QED) is 0.540. The average Bonchev–Trinajstić information content (AvgIpc) is 0. The topological polar surface area (TPSA) is 28.5 Å². The largest absolute Gasteiger partial charge is 5.00 e. The molecule has 0 aliphatic carbocycles. The van der Waals surface area contributed by atoms with Gasteiger partial charge in [0.25, 0.3) is 0 Å². The molecule has 4 heavy (non-hydrogen) atoms. The Bertz CT molecular complexity index is 8.00. The summed E-state index contributed by atoms with van der Waals surface area (Å²) >= 11 is 0. The van der Waals surface area contributed by atoms with Crippen molar-refractivity contribution < 1.29 is 47.3 Å². The van der Waals surface area contributed by atoms with E-state index >= 15 is 0 Å². The van der Waals surface area contributed by atoms with Gasteiger partial charge in [0.05, 0.1) is 0 Å². The van der Waals surface area contributed by atoms with Gasteiger partial charge in [-0.05, 0) is 0 Å². The summed E-state index contributed by atoms with van der Waals surface area (Å²) in [6, 6.07) is 0. The molecule has 0 rings (SSSR count). The van der Waals surface area contributed by atoms with Gasteiger partial charge in [-0.15, -0.1) is 0 Å². The van der Waals surface area contributed by atoms with Gasteiger partial charge in [-0.25, -0.2) is 0 Å². The third-order valence-corrected chi connectivity index (χ3v) is 0. The molecule has 0 bridgehead atoms. The second kappa shape index (κ2) is 16.9. The van der Waals surface area contributed by atoms with E-state index in [-0.39, 0.29) is 96.2 Å². The maximum atomic E-state index is 0. The summed E-state index contributed by atoms with van der Waals surface area (Å²) in [5.74, 6) is 0. The first-order chi connectivity index (χ1) is 0. The first-order valence-electron chi connectivity index (χ1n) is 0. The second-order valence-corrected chi connectivity index (χ2v) is 0. The molecule has 8 valence electrons. The molecule has 0 aliphatic rings. The maximum Gasteiger partial charge on any atom is 5.00 e. The van der Waals surface area contributed by atoms with E-state index in [2.05, 4.69) is 0 Å². The minimum absolute atomic E-state index is 0. The molecule has 0 spiro atoms. The predicted octanol–water partition coefficient (Wildman–Crippen LogP) is -0.505. The van der Waals surface area contributed by atoms with Crippen molar-refractivity contribution in [1.82, 2.24) is 0 Å². The van der Waals surface area contributed by atoms with Gasteiger partial charge in [-0.2, -0.15) is 0 Å². The van der Waals surface area contributed by atoms with Crippen LogP contribution < -0.4 is 0 Å². The van der Waals surface area contributed by atoms with Gasteiger partial charge < -0.3 is 5.48 Å². The Morgan fingerprint density at radius 1 is 1.00 bits per heavy atom. The standard InChI is InChI=1S/Ba.Nb.O.Zn/q+2;+5;-2;+2. The molecule has 0 radical (unpaired) electrons. The van der Waals surface area contributed by atoms with E-state index < -0.39 is 0 Å². The Labute approximate surface area is 93.9 Å². The Hall–Kier alpha value is 2.90. The van der Waals surface area contributed by atoms with Crippen LogP contribution in [0.3, 0.4) is 0 Å². The summed E-state index contributed by atoms with van der Waals surface area (Å²) in [5, 5.41) is 0. The molecule has 4 heteroatoms. The Morgan fingerprint density at radius 3 is 1.00 bits per heavy atom. The van der Waals surface area contributed by atoms with Crippen molar-refractivity contribution in [2.75, 3.05) is 0 Å². The molecule has 0 aromatic rings. The van der Waals surface area contributed by atoms with Crippen LogP contribution in [0.15, 0.2) is 0 Å². The van der Waals surface area contributed by atoms with Crippen LogP contribution in [0.2, 0.25) is 0 Å². The third-order valence-electron chi connectivity index (χ3n) is 0. The van der Waals surface area contributed by atoms with Gasteiger partial charge in [0, 0.05) is 0 Å². The zero-order valence-electron chi connectivity index (χ0n) is 2.27. The van der Waals surface area contributed by atoms with Gasteiger partial charge in [-0.3, -0.25) is 0 Å². The molecule has 0 unspecified atom stereocenters. The molecule has 1 nitrogen and oxygen atoms in total. The molecule has 0 aromatic heterocycles. The second-order valence-electron chi connectivity index (χ2n) is 0. The van der Waals surface area contributed by atoms with E-state index in [0.29, 0.717) is 0 Å². The first kappa shape index (κ1) is 28.6. The molecule has 0 fully saturated rings. The van der Waals surface area contributed by atoms with Gasteiger partial charge in [0.1, 0.15) is 0 Å². The van der Waals surface area contributed by atoms with E-state index in [4.69, 9.17) is 0 Å². The smallest absolute Gasteiger partial charge is 2.00 e. The fourth-order valence-electron chi connectivity index (χ4n) is 0. The molecule has 0 aromatic carbocycles. The summed E-state index contributed by atoms with van der Waals surface area (Å²) < 4.78 is 0. The number of hydrogen-bond donors (Lipinski definition) is 0. The molecule has 0 aliphatic heterocycles. The Kier molecular flexibility index (Phi) is 120. The van der Waals surface area contributed by atoms with Crippen LogP contribution in [0.1, 0.15) is 0 Å². The first-order valence-corrected chi connectivity index (χ1v) is 0. The summed E-state index contributed by atoms with van der Waals surface area (Å²) in [6.07, 6.45) is 0. The zero-order chi connectivity index (χ0) is 0.